The minimum Gasteiger partial charge on any atom is -0.356 e. The van der Waals surface area contributed by atoms with Gasteiger partial charge in [0.1, 0.15) is 15.1 Å². The molecule has 5 rings (SSSR count). The van der Waals surface area contributed by atoms with Crippen LogP contribution >= 0.6 is 11.3 Å². The molecule has 1 atom stereocenters. The molecule has 1 saturated heterocycles. The van der Waals surface area contributed by atoms with Crippen LogP contribution in [-0.2, 0) is 21.4 Å². The van der Waals surface area contributed by atoms with Crippen molar-refractivity contribution in [3.8, 4) is 0 Å². The topological polar surface area (TPSA) is 108 Å². The number of nitrogens with zero attached hydrogens (tertiary/aromatic N) is 3. The lowest BCUT2D eigenvalue weighted by molar-refractivity contribution is -0.129. The van der Waals surface area contributed by atoms with Gasteiger partial charge in [-0.1, -0.05) is 6.07 Å². The van der Waals surface area contributed by atoms with E-state index in [-0.39, 0.29) is 10.1 Å². The third kappa shape index (κ3) is 3.39. The molecule has 0 aromatic carbocycles. The fourth-order valence-corrected chi connectivity index (χ4v) is 6.10. The molecule has 1 aliphatic heterocycles. The number of amides is 1. The van der Waals surface area contributed by atoms with E-state index >= 15 is 0 Å². The maximum atomic E-state index is 12.8. The number of hydrogen-bond donors (Lipinski definition) is 2. The van der Waals surface area contributed by atoms with E-state index in [9.17, 15) is 13.2 Å². The minimum atomic E-state index is -3.79. The monoisotopic (exact) mass is 427 g/mol. The molecule has 0 aliphatic carbocycles. The van der Waals surface area contributed by atoms with Gasteiger partial charge in [0.05, 0.1) is 18.3 Å². The van der Waals surface area contributed by atoms with Crippen molar-refractivity contribution >= 4 is 48.4 Å². The summed E-state index contributed by atoms with van der Waals surface area (Å²) in [5, 5.41) is 1.79. The van der Waals surface area contributed by atoms with Crippen molar-refractivity contribution in [2.45, 2.75) is 23.2 Å². The van der Waals surface area contributed by atoms with Crippen LogP contribution in [0.4, 0.5) is 0 Å². The number of H-pyrrole nitrogens is 1. The molecule has 148 valence electrons. The van der Waals surface area contributed by atoms with Gasteiger partial charge in [-0.3, -0.25) is 9.78 Å². The maximum Gasteiger partial charge on any atom is 0.250 e. The van der Waals surface area contributed by atoms with Gasteiger partial charge < -0.3 is 9.88 Å². The van der Waals surface area contributed by atoms with Crippen LogP contribution in [0.2, 0.25) is 0 Å². The second-order valence-electron chi connectivity index (χ2n) is 6.94. The van der Waals surface area contributed by atoms with Gasteiger partial charge in [0.2, 0.25) is 5.91 Å². The smallest absolute Gasteiger partial charge is 0.250 e. The normalized spacial score (nSPS) is 17.6. The van der Waals surface area contributed by atoms with E-state index in [4.69, 9.17) is 0 Å². The molecule has 0 unspecified atom stereocenters. The Bertz CT molecular complexity index is 1260. The molecule has 0 spiro atoms. The SMILES string of the molecule is O=C1[C@@H](NS(=O)(=O)c2cc3cccnc3s2)CCN1Cc1cc2ccncc2[nH]1. The number of aromatic amines is 1. The van der Waals surface area contributed by atoms with E-state index in [0.717, 1.165) is 33.3 Å². The van der Waals surface area contributed by atoms with Crippen LogP contribution in [0, 0.1) is 0 Å². The number of hydrogen-bond acceptors (Lipinski definition) is 6. The quantitative estimate of drug-likeness (QED) is 0.508. The molecule has 29 heavy (non-hydrogen) atoms. The van der Waals surface area contributed by atoms with E-state index in [2.05, 4.69) is 19.7 Å². The van der Waals surface area contributed by atoms with Gasteiger partial charge in [-0.25, -0.2) is 13.4 Å². The molecule has 1 aliphatic rings. The average molecular weight is 428 g/mol. The van der Waals surface area contributed by atoms with Crippen LogP contribution in [0.3, 0.4) is 0 Å². The first-order chi connectivity index (χ1) is 14.0. The molecular formula is C19H17N5O3S2. The fourth-order valence-electron chi connectivity index (χ4n) is 3.56. The molecule has 0 bridgehead atoms. The summed E-state index contributed by atoms with van der Waals surface area (Å²) in [6, 6.07) is 8.28. The lowest BCUT2D eigenvalue weighted by atomic mass is 10.3. The number of fused-ring (bicyclic) bond motifs is 2. The minimum absolute atomic E-state index is 0.167. The van der Waals surface area contributed by atoms with Gasteiger partial charge in [0.15, 0.2) is 0 Å². The number of aromatic nitrogens is 3. The zero-order valence-electron chi connectivity index (χ0n) is 15.2. The Morgan fingerprint density at radius 1 is 1.24 bits per heavy atom. The summed E-state index contributed by atoms with van der Waals surface area (Å²) < 4.78 is 28.3. The van der Waals surface area contributed by atoms with E-state index < -0.39 is 16.1 Å². The Balaban J connectivity index is 1.31. The number of carbonyl (C=O) groups excluding carboxylic acids is 1. The summed E-state index contributed by atoms with van der Waals surface area (Å²) in [5.41, 5.74) is 1.80. The number of thiophene rings is 1. The van der Waals surface area contributed by atoms with Gasteiger partial charge in [-0.05, 0) is 30.7 Å². The van der Waals surface area contributed by atoms with E-state index in [1.807, 2.05) is 18.2 Å². The van der Waals surface area contributed by atoms with Gasteiger partial charge in [0, 0.05) is 35.4 Å². The molecule has 1 fully saturated rings. The van der Waals surface area contributed by atoms with Crippen LogP contribution < -0.4 is 4.72 Å². The average Bonchev–Trinajstić information content (AvgIpc) is 3.40. The van der Waals surface area contributed by atoms with Crippen LogP contribution in [0.1, 0.15) is 12.1 Å². The summed E-state index contributed by atoms with van der Waals surface area (Å²) in [6.45, 7) is 0.895. The molecule has 0 saturated carbocycles. The molecule has 2 N–H and O–H groups in total. The van der Waals surface area contributed by atoms with Crippen molar-refractivity contribution in [3.05, 3.63) is 54.6 Å². The molecular weight excluding hydrogens is 410 g/mol. The van der Waals surface area contributed by atoms with Crippen molar-refractivity contribution in [2.24, 2.45) is 0 Å². The Labute approximate surface area is 170 Å². The van der Waals surface area contributed by atoms with Crippen molar-refractivity contribution in [3.63, 3.8) is 0 Å². The van der Waals surface area contributed by atoms with Gasteiger partial charge in [-0.2, -0.15) is 4.72 Å². The molecule has 5 heterocycles. The summed E-state index contributed by atoms with van der Waals surface area (Å²) in [6.07, 6.45) is 5.51. The molecule has 4 aromatic heterocycles. The molecule has 8 nitrogen and oxygen atoms in total. The van der Waals surface area contributed by atoms with E-state index in [1.165, 1.54) is 0 Å². The molecule has 4 aromatic rings. The van der Waals surface area contributed by atoms with E-state index in [0.29, 0.717) is 24.3 Å². The maximum absolute atomic E-state index is 12.8. The first kappa shape index (κ1) is 18.2. The van der Waals surface area contributed by atoms with E-state index in [1.54, 1.807) is 35.6 Å². The highest BCUT2D eigenvalue weighted by molar-refractivity contribution is 7.91. The predicted octanol–water partition coefficient (Wildman–Crippen LogP) is 2.25. The number of nitrogens with one attached hydrogen (secondary N) is 2. The summed E-state index contributed by atoms with van der Waals surface area (Å²) in [7, 11) is -3.79. The fraction of sp³-hybridized carbons (Fsp3) is 0.211. The van der Waals surface area contributed by atoms with Crippen molar-refractivity contribution in [1.29, 1.82) is 0 Å². The number of sulfonamides is 1. The lowest BCUT2D eigenvalue weighted by Crippen LogP contribution is -2.41. The summed E-state index contributed by atoms with van der Waals surface area (Å²) >= 11 is 1.10. The summed E-state index contributed by atoms with van der Waals surface area (Å²) in [4.78, 5) is 26.6. The van der Waals surface area contributed by atoms with Crippen LogP contribution in [0.5, 0.6) is 0 Å². The number of rotatable bonds is 5. The van der Waals surface area contributed by atoms with Crippen LogP contribution in [-0.4, -0.2) is 46.8 Å². The van der Waals surface area contributed by atoms with Crippen LogP contribution in [0.25, 0.3) is 21.1 Å². The zero-order chi connectivity index (χ0) is 20.0. The largest absolute Gasteiger partial charge is 0.356 e. The zero-order valence-corrected chi connectivity index (χ0v) is 16.8. The molecule has 10 heteroatoms. The highest BCUT2D eigenvalue weighted by atomic mass is 32.2. The van der Waals surface area contributed by atoms with Crippen molar-refractivity contribution in [1.82, 2.24) is 24.6 Å². The predicted molar refractivity (Wildman–Crippen MR) is 110 cm³/mol. The highest BCUT2D eigenvalue weighted by Gasteiger charge is 2.35. The van der Waals surface area contributed by atoms with Crippen molar-refractivity contribution < 1.29 is 13.2 Å². The van der Waals surface area contributed by atoms with Crippen LogP contribution in [0.15, 0.2) is 53.1 Å². The summed E-state index contributed by atoms with van der Waals surface area (Å²) in [5.74, 6) is -0.218. The Morgan fingerprint density at radius 2 is 2.14 bits per heavy atom. The highest BCUT2D eigenvalue weighted by Crippen LogP contribution is 2.28. The lowest BCUT2D eigenvalue weighted by Gasteiger charge is -2.16. The third-order valence-electron chi connectivity index (χ3n) is 4.97. The number of likely N-dealkylation sites (tertiary alicyclic amines) is 1. The first-order valence-corrected chi connectivity index (χ1v) is 11.4. The second kappa shape index (κ2) is 6.90. The third-order valence-corrected chi connectivity index (χ3v) is 7.98. The van der Waals surface area contributed by atoms with Crippen molar-refractivity contribution in [2.75, 3.05) is 6.54 Å². The number of carbonyl (C=O) groups is 1. The Hall–Kier alpha value is -2.82. The second-order valence-corrected chi connectivity index (χ2v) is 9.91. The van der Waals surface area contributed by atoms with Gasteiger partial charge in [-0.15, -0.1) is 11.3 Å². The first-order valence-electron chi connectivity index (χ1n) is 9.07. The molecule has 1 amide bonds. The standard InChI is InChI=1S/C19H17N5O3S2/c25-19-15(23-29(26,27)17-9-13-2-1-5-21-18(13)28-17)4-7-24(19)11-14-8-12-3-6-20-10-16(12)22-14/h1-3,5-6,8-10,15,22-23H,4,7,11H2/t15-/m0/s1. The number of pyridine rings is 2. The Kier molecular flexibility index (Phi) is 4.34. The van der Waals surface area contributed by atoms with Gasteiger partial charge in [0.25, 0.3) is 10.0 Å². The van der Waals surface area contributed by atoms with Gasteiger partial charge >= 0.3 is 0 Å². The Morgan fingerprint density at radius 3 is 2.97 bits per heavy atom. The molecule has 0 radical (unpaired) electrons.